The predicted molar refractivity (Wildman–Crippen MR) is 104 cm³/mol. The number of hydrogen-bond acceptors (Lipinski definition) is 7. The van der Waals surface area contributed by atoms with Crippen molar-refractivity contribution in [2.75, 3.05) is 12.4 Å². The van der Waals surface area contributed by atoms with Crippen LogP contribution in [0.3, 0.4) is 0 Å². The maximum Gasteiger partial charge on any atom is 0.295 e. The number of hydrogen-bond donors (Lipinski definition) is 3. The molecule has 1 fully saturated rings. The average Bonchev–Trinajstić information content (AvgIpc) is 3.11. The van der Waals surface area contributed by atoms with Crippen LogP contribution in [-0.4, -0.2) is 40.2 Å². The van der Waals surface area contributed by atoms with Gasteiger partial charge >= 0.3 is 0 Å². The van der Waals surface area contributed by atoms with Crippen molar-refractivity contribution in [3.05, 3.63) is 42.2 Å². The van der Waals surface area contributed by atoms with Gasteiger partial charge in [0.15, 0.2) is 5.58 Å². The van der Waals surface area contributed by atoms with Crippen molar-refractivity contribution < 1.29 is 19.1 Å². The number of rotatable bonds is 5. The van der Waals surface area contributed by atoms with Crippen molar-refractivity contribution in [1.29, 1.82) is 0 Å². The van der Waals surface area contributed by atoms with Crippen molar-refractivity contribution in [2.45, 2.75) is 37.8 Å². The monoisotopic (exact) mass is 382 g/mol. The number of aromatic nitrogens is 2. The summed E-state index contributed by atoms with van der Waals surface area (Å²) in [6.45, 7) is 0. The Kier molecular flexibility index (Phi) is 5.12. The molecule has 1 amide bonds. The third-order valence-electron chi connectivity index (χ3n) is 4.83. The first-order valence-electron chi connectivity index (χ1n) is 9.33. The fourth-order valence-electron chi connectivity index (χ4n) is 3.33. The van der Waals surface area contributed by atoms with Crippen LogP contribution in [0.1, 0.15) is 36.2 Å². The molecule has 2 atom stereocenters. The quantitative estimate of drug-likeness (QED) is 0.622. The molecular weight excluding hydrogens is 360 g/mol. The van der Waals surface area contributed by atoms with Gasteiger partial charge in [0.2, 0.25) is 0 Å². The standard InChI is InChI=1S/C20H22N4O4/c1-21-19(26)16-10-13(8-9-22-16)27-12-6-7-15-18(11-12)28-20(24-15)23-14-4-2-3-5-17(14)25/h6-11,14,17,25H,2-5H2,1H3,(H,21,26)(H,23,24)/t14-,17?/m0/s1. The summed E-state index contributed by atoms with van der Waals surface area (Å²) in [6, 6.07) is 8.92. The largest absolute Gasteiger partial charge is 0.457 e. The zero-order chi connectivity index (χ0) is 19.5. The van der Waals surface area contributed by atoms with Crippen LogP contribution in [0, 0.1) is 0 Å². The molecule has 4 rings (SSSR count). The summed E-state index contributed by atoms with van der Waals surface area (Å²) in [5.74, 6) is 0.773. The van der Waals surface area contributed by atoms with Crippen LogP contribution in [0.15, 0.2) is 40.9 Å². The molecule has 3 N–H and O–H groups in total. The molecule has 0 radical (unpaired) electrons. The number of pyridine rings is 1. The maximum absolute atomic E-state index is 11.7. The van der Waals surface area contributed by atoms with Crippen molar-refractivity contribution >= 4 is 23.0 Å². The van der Waals surface area contributed by atoms with E-state index < -0.39 is 0 Å². The Labute approximate surface area is 161 Å². The van der Waals surface area contributed by atoms with E-state index in [1.54, 1.807) is 37.4 Å². The minimum Gasteiger partial charge on any atom is -0.457 e. The molecule has 146 valence electrons. The Morgan fingerprint density at radius 1 is 1.21 bits per heavy atom. The summed E-state index contributed by atoms with van der Waals surface area (Å²) in [5, 5.41) is 15.8. The number of benzene rings is 1. The van der Waals surface area contributed by atoms with Gasteiger partial charge in [0.05, 0.1) is 12.1 Å². The highest BCUT2D eigenvalue weighted by atomic mass is 16.5. The highest BCUT2D eigenvalue weighted by Crippen LogP contribution is 2.29. The molecule has 2 heterocycles. The number of nitrogens with zero attached hydrogens (tertiary/aromatic N) is 2. The van der Waals surface area contributed by atoms with E-state index in [0.717, 1.165) is 25.7 Å². The first kappa shape index (κ1) is 18.2. The van der Waals surface area contributed by atoms with E-state index in [2.05, 4.69) is 20.6 Å². The molecule has 1 aliphatic rings. The molecule has 1 aromatic carbocycles. The second-order valence-electron chi connectivity index (χ2n) is 6.81. The van der Waals surface area contributed by atoms with Crippen molar-refractivity contribution in [1.82, 2.24) is 15.3 Å². The Morgan fingerprint density at radius 3 is 2.86 bits per heavy atom. The zero-order valence-electron chi connectivity index (χ0n) is 15.5. The van der Waals surface area contributed by atoms with Crippen molar-refractivity contribution in [2.24, 2.45) is 0 Å². The molecule has 1 unspecified atom stereocenters. The highest BCUT2D eigenvalue weighted by Gasteiger charge is 2.24. The fourth-order valence-corrected chi connectivity index (χ4v) is 3.33. The Morgan fingerprint density at radius 2 is 2.04 bits per heavy atom. The normalized spacial score (nSPS) is 19.4. The lowest BCUT2D eigenvalue weighted by Crippen LogP contribution is -2.36. The summed E-state index contributed by atoms with van der Waals surface area (Å²) in [4.78, 5) is 20.2. The van der Waals surface area contributed by atoms with Crippen molar-refractivity contribution in [3.8, 4) is 11.5 Å². The van der Waals surface area contributed by atoms with E-state index >= 15 is 0 Å². The summed E-state index contributed by atoms with van der Waals surface area (Å²) in [6.07, 6.45) is 4.94. The van der Waals surface area contributed by atoms with E-state index in [9.17, 15) is 9.90 Å². The number of carbonyl (C=O) groups is 1. The van der Waals surface area contributed by atoms with Crippen LogP contribution in [0.5, 0.6) is 11.5 Å². The van der Waals surface area contributed by atoms with Gasteiger partial charge in [-0.3, -0.25) is 9.78 Å². The third-order valence-corrected chi connectivity index (χ3v) is 4.83. The van der Waals surface area contributed by atoms with E-state index in [1.807, 2.05) is 0 Å². The maximum atomic E-state index is 11.7. The Balaban J connectivity index is 1.51. The molecule has 8 nitrogen and oxygen atoms in total. The number of aliphatic hydroxyl groups is 1. The molecule has 0 bridgehead atoms. The van der Waals surface area contributed by atoms with Gasteiger partial charge < -0.3 is 24.9 Å². The number of carbonyl (C=O) groups excluding carboxylic acids is 1. The number of fused-ring (bicyclic) bond motifs is 1. The van der Waals surface area contributed by atoms with E-state index in [-0.39, 0.29) is 23.7 Å². The van der Waals surface area contributed by atoms with E-state index in [1.165, 1.54) is 6.20 Å². The van der Waals surface area contributed by atoms with Gasteiger partial charge in [-0.05, 0) is 31.0 Å². The topological polar surface area (TPSA) is 110 Å². The van der Waals surface area contributed by atoms with Gasteiger partial charge in [-0.15, -0.1) is 0 Å². The van der Waals surface area contributed by atoms with Crippen LogP contribution in [0.2, 0.25) is 0 Å². The highest BCUT2D eigenvalue weighted by molar-refractivity contribution is 5.92. The van der Waals surface area contributed by atoms with Crippen LogP contribution >= 0.6 is 0 Å². The van der Waals surface area contributed by atoms with Gasteiger partial charge in [0.25, 0.3) is 11.9 Å². The van der Waals surface area contributed by atoms with Gasteiger partial charge in [0.1, 0.15) is 22.7 Å². The van der Waals surface area contributed by atoms with Gasteiger partial charge in [-0.2, -0.15) is 4.98 Å². The number of nitrogens with one attached hydrogen (secondary N) is 2. The van der Waals surface area contributed by atoms with E-state index in [4.69, 9.17) is 9.15 Å². The summed E-state index contributed by atoms with van der Waals surface area (Å²) in [7, 11) is 1.55. The first-order valence-corrected chi connectivity index (χ1v) is 9.33. The van der Waals surface area contributed by atoms with Crippen LogP contribution in [-0.2, 0) is 0 Å². The summed E-state index contributed by atoms with van der Waals surface area (Å²) >= 11 is 0. The average molecular weight is 382 g/mol. The second kappa shape index (κ2) is 7.85. The summed E-state index contributed by atoms with van der Waals surface area (Å²) < 4.78 is 11.6. The third kappa shape index (κ3) is 3.91. The Bertz CT molecular complexity index is 987. The van der Waals surface area contributed by atoms with Crippen LogP contribution in [0.25, 0.3) is 11.1 Å². The molecule has 2 aromatic heterocycles. The minimum absolute atomic E-state index is 0.0440. The zero-order valence-corrected chi connectivity index (χ0v) is 15.5. The SMILES string of the molecule is CNC(=O)c1cc(Oc2ccc3nc(N[C@H]4CCCCC4O)oc3c2)ccn1. The number of amides is 1. The molecular formula is C20H22N4O4. The Hall–Kier alpha value is -3.13. The number of ether oxygens (including phenoxy) is 1. The molecule has 3 aromatic rings. The fraction of sp³-hybridized carbons (Fsp3) is 0.350. The summed E-state index contributed by atoms with van der Waals surface area (Å²) in [5.41, 5.74) is 1.55. The van der Waals surface area contributed by atoms with Crippen molar-refractivity contribution in [3.63, 3.8) is 0 Å². The molecule has 8 heteroatoms. The number of aliphatic hydroxyl groups excluding tert-OH is 1. The molecule has 1 saturated carbocycles. The number of oxazole rings is 1. The second-order valence-corrected chi connectivity index (χ2v) is 6.81. The lowest BCUT2D eigenvalue weighted by atomic mass is 9.93. The first-order chi connectivity index (χ1) is 13.6. The molecule has 1 aliphatic carbocycles. The lowest BCUT2D eigenvalue weighted by molar-refractivity contribution is 0.0957. The van der Waals surface area contributed by atoms with Crippen LogP contribution in [0.4, 0.5) is 6.01 Å². The molecule has 28 heavy (non-hydrogen) atoms. The van der Waals surface area contributed by atoms with Gasteiger partial charge in [-0.1, -0.05) is 12.8 Å². The van der Waals surface area contributed by atoms with Gasteiger partial charge in [-0.25, -0.2) is 0 Å². The smallest absolute Gasteiger partial charge is 0.295 e. The predicted octanol–water partition coefficient (Wildman–Crippen LogP) is 3.09. The molecule has 0 aliphatic heterocycles. The van der Waals surface area contributed by atoms with Crippen LogP contribution < -0.4 is 15.4 Å². The molecule has 0 saturated heterocycles. The van der Waals surface area contributed by atoms with E-state index in [0.29, 0.717) is 28.6 Å². The minimum atomic E-state index is -0.385. The van der Waals surface area contributed by atoms with Gasteiger partial charge in [0, 0.05) is 25.4 Å². The molecule has 0 spiro atoms. The lowest BCUT2D eigenvalue weighted by Gasteiger charge is -2.27. The number of anilines is 1.